The minimum atomic E-state index is 0.0586. The minimum Gasteiger partial charge on any atom is -0.399 e. The summed E-state index contributed by atoms with van der Waals surface area (Å²) in [5.74, 6) is 0.744. The molecule has 0 spiro atoms. The molecular weight excluding hydrogens is 438 g/mol. The van der Waals surface area contributed by atoms with Gasteiger partial charge in [0, 0.05) is 16.3 Å². The summed E-state index contributed by atoms with van der Waals surface area (Å²) >= 11 is 1.59. The van der Waals surface area contributed by atoms with Crippen LogP contribution in [-0.4, -0.2) is 23.8 Å². The van der Waals surface area contributed by atoms with Gasteiger partial charge in [-0.05, 0) is 92.2 Å². The molecule has 2 N–H and O–H groups in total. The van der Waals surface area contributed by atoms with Crippen molar-refractivity contribution in [2.24, 2.45) is 0 Å². The van der Waals surface area contributed by atoms with Gasteiger partial charge in [0.2, 0.25) is 5.91 Å². The molecule has 4 nitrogen and oxygen atoms in total. The van der Waals surface area contributed by atoms with Crippen molar-refractivity contribution in [2.45, 2.75) is 56.4 Å². The van der Waals surface area contributed by atoms with E-state index in [4.69, 9.17) is 5.73 Å². The third kappa shape index (κ3) is 6.64. The van der Waals surface area contributed by atoms with E-state index in [2.05, 4.69) is 55.5 Å². The van der Waals surface area contributed by atoms with E-state index < -0.39 is 0 Å². The second kappa shape index (κ2) is 11.6. The maximum absolute atomic E-state index is 13.4. The van der Waals surface area contributed by atoms with Gasteiger partial charge in [0.1, 0.15) is 0 Å². The van der Waals surface area contributed by atoms with Gasteiger partial charge in [0.25, 0.3) is 0 Å². The van der Waals surface area contributed by atoms with Gasteiger partial charge in [-0.2, -0.15) is 0 Å². The number of carbonyl (C=O) groups is 1. The zero-order valence-electron chi connectivity index (χ0n) is 20.2. The van der Waals surface area contributed by atoms with E-state index in [9.17, 15) is 4.79 Å². The fourth-order valence-electron chi connectivity index (χ4n) is 4.58. The molecule has 0 aliphatic heterocycles. The molecule has 34 heavy (non-hydrogen) atoms. The average Bonchev–Trinajstić information content (AvgIpc) is 2.85. The number of nitrogens with two attached hydrogens (primary N) is 1. The van der Waals surface area contributed by atoms with Crippen molar-refractivity contribution >= 4 is 29.2 Å². The van der Waals surface area contributed by atoms with Crippen LogP contribution in [0.2, 0.25) is 0 Å². The fourth-order valence-corrected chi connectivity index (χ4v) is 5.37. The molecule has 0 heterocycles. The Hall–Kier alpha value is -2.76. The third-order valence-electron chi connectivity index (χ3n) is 6.54. The smallest absolute Gasteiger partial charge is 0.242 e. The van der Waals surface area contributed by atoms with E-state index in [1.165, 1.54) is 43.2 Å². The largest absolute Gasteiger partial charge is 0.399 e. The Balaban J connectivity index is 1.46. The Morgan fingerprint density at radius 1 is 0.912 bits per heavy atom. The van der Waals surface area contributed by atoms with Crippen LogP contribution in [0.15, 0.2) is 77.7 Å². The van der Waals surface area contributed by atoms with Crippen LogP contribution < -0.4 is 10.6 Å². The molecule has 3 aromatic carbocycles. The fraction of sp³-hybridized carbons (Fsp3) is 0.345. The first-order chi connectivity index (χ1) is 16.5. The highest BCUT2D eigenvalue weighted by molar-refractivity contribution is 7.97. The van der Waals surface area contributed by atoms with E-state index in [0.29, 0.717) is 24.7 Å². The zero-order valence-corrected chi connectivity index (χ0v) is 21.1. The number of amides is 1. The van der Waals surface area contributed by atoms with Crippen LogP contribution in [-0.2, 0) is 11.3 Å². The lowest BCUT2D eigenvalue weighted by molar-refractivity contribution is -0.118. The van der Waals surface area contributed by atoms with Crippen molar-refractivity contribution in [3.05, 3.63) is 89.5 Å². The quantitative estimate of drug-likeness (QED) is 0.289. The number of nitrogen functional groups attached to an aromatic ring is 1. The first kappa shape index (κ1) is 24.4. The summed E-state index contributed by atoms with van der Waals surface area (Å²) in [7, 11) is 1.96. The number of benzene rings is 3. The van der Waals surface area contributed by atoms with Crippen molar-refractivity contribution in [3.8, 4) is 0 Å². The van der Waals surface area contributed by atoms with E-state index >= 15 is 0 Å². The zero-order chi connectivity index (χ0) is 23.9. The number of rotatable bonds is 8. The Kier molecular flexibility index (Phi) is 8.30. The molecule has 1 fully saturated rings. The highest BCUT2D eigenvalue weighted by atomic mass is 32.2. The van der Waals surface area contributed by atoms with E-state index in [1.807, 2.05) is 40.5 Å². The first-order valence-corrected chi connectivity index (χ1v) is 13.0. The van der Waals surface area contributed by atoms with Crippen molar-refractivity contribution < 1.29 is 4.79 Å². The van der Waals surface area contributed by atoms with Gasteiger partial charge in [-0.1, -0.05) is 61.2 Å². The van der Waals surface area contributed by atoms with Gasteiger partial charge in [-0.25, -0.2) is 4.31 Å². The number of anilines is 2. The predicted octanol–water partition coefficient (Wildman–Crippen LogP) is 6.80. The summed E-state index contributed by atoms with van der Waals surface area (Å²) in [6.45, 7) is 2.92. The van der Waals surface area contributed by atoms with Crippen LogP contribution in [0.1, 0.15) is 54.7 Å². The molecule has 4 rings (SSSR count). The minimum absolute atomic E-state index is 0.0586. The molecule has 1 amide bonds. The molecule has 1 aliphatic carbocycles. The molecular formula is C29H35N3OS. The predicted molar refractivity (Wildman–Crippen MR) is 144 cm³/mol. The first-order valence-electron chi connectivity index (χ1n) is 12.2. The Bertz CT molecular complexity index is 1060. The normalized spacial score (nSPS) is 14.3. The Labute approximate surface area is 208 Å². The number of hydrogen-bond donors (Lipinski definition) is 1. The van der Waals surface area contributed by atoms with Gasteiger partial charge < -0.3 is 10.6 Å². The highest BCUT2D eigenvalue weighted by Crippen LogP contribution is 2.33. The lowest BCUT2D eigenvalue weighted by Gasteiger charge is -2.26. The Morgan fingerprint density at radius 3 is 2.21 bits per heavy atom. The molecule has 0 radical (unpaired) electrons. The van der Waals surface area contributed by atoms with Crippen LogP contribution in [0.25, 0.3) is 0 Å². The SMILES string of the molecule is Cc1ccc(SN(C)CC(=O)N(Cc2ccc(C3CCCCC3)cc2)c2ccc(N)cc2)cc1. The molecule has 3 aromatic rings. The van der Waals surface area contributed by atoms with Crippen LogP contribution >= 0.6 is 11.9 Å². The number of carbonyl (C=O) groups excluding carboxylic acids is 1. The van der Waals surface area contributed by atoms with Crippen molar-refractivity contribution in [2.75, 3.05) is 24.2 Å². The average molecular weight is 474 g/mol. The number of hydrogen-bond acceptors (Lipinski definition) is 4. The Morgan fingerprint density at radius 2 is 1.56 bits per heavy atom. The van der Waals surface area contributed by atoms with E-state index in [0.717, 1.165) is 16.1 Å². The van der Waals surface area contributed by atoms with Gasteiger partial charge in [0.15, 0.2) is 0 Å². The second-order valence-corrected chi connectivity index (χ2v) is 10.6. The van der Waals surface area contributed by atoms with Gasteiger partial charge in [-0.3, -0.25) is 4.79 Å². The van der Waals surface area contributed by atoms with Crippen LogP contribution in [0, 0.1) is 6.92 Å². The molecule has 0 atom stereocenters. The van der Waals surface area contributed by atoms with Crippen LogP contribution in [0.3, 0.4) is 0 Å². The molecule has 1 saturated carbocycles. The van der Waals surface area contributed by atoms with Gasteiger partial charge >= 0.3 is 0 Å². The number of nitrogens with zero attached hydrogens (tertiary/aromatic N) is 2. The number of likely N-dealkylation sites (N-methyl/N-ethyl adjacent to an activating group) is 1. The summed E-state index contributed by atoms with van der Waals surface area (Å²) < 4.78 is 1.99. The maximum atomic E-state index is 13.4. The second-order valence-electron chi connectivity index (χ2n) is 9.34. The summed E-state index contributed by atoms with van der Waals surface area (Å²) in [4.78, 5) is 16.4. The lowest BCUT2D eigenvalue weighted by Crippen LogP contribution is -2.36. The molecule has 5 heteroatoms. The van der Waals surface area contributed by atoms with Crippen LogP contribution in [0.4, 0.5) is 11.4 Å². The topological polar surface area (TPSA) is 49.6 Å². The summed E-state index contributed by atoms with van der Waals surface area (Å²) in [5.41, 5.74) is 11.3. The molecule has 0 aromatic heterocycles. The number of aryl methyl sites for hydroxylation is 1. The third-order valence-corrected chi connectivity index (χ3v) is 7.47. The van der Waals surface area contributed by atoms with Gasteiger partial charge in [-0.15, -0.1) is 0 Å². The maximum Gasteiger partial charge on any atom is 0.242 e. The molecule has 0 unspecified atom stereocenters. The lowest BCUT2D eigenvalue weighted by atomic mass is 9.84. The summed E-state index contributed by atoms with van der Waals surface area (Å²) in [6.07, 6.45) is 6.62. The highest BCUT2D eigenvalue weighted by Gasteiger charge is 2.20. The van der Waals surface area contributed by atoms with Crippen molar-refractivity contribution in [3.63, 3.8) is 0 Å². The molecule has 0 saturated heterocycles. The van der Waals surface area contributed by atoms with Gasteiger partial charge in [0.05, 0.1) is 13.1 Å². The van der Waals surface area contributed by atoms with Crippen molar-refractivity contribution in [1.29, 1.82) is 0 Å². The summed E-state index contributed by atoms with van der Waals surface area (Å²) in [5, 5.41) is 0. The van der Waals surface area contributed by atoms with Crippen LogP contribution in [0.5, 0.6) is 0 Å². The monoisotopic (exact) mass is 473 g/mol. The van der Waals surface area contributed by atoms with E-state index in [1.54, 1.807) is 11.9 Å². The van der Waals surface area contributed by atoms with E-state index in [-0.39, 0.29) is 5.91 Å². The summed E-state index contributed by atoms with van der Waals surface area (Å²) in [6, 6.07) is 24.8. The molecule has 0 bridgehead atoms. The molecule has 1 aliphatic rings. The standard InChI is InChI=1S/C29H35N3OS/c1-22-8-18-28(19-9-22)34-31(2)21-29(33)32(27-16-14-26(30)15-17-27)20-23-10-12-25(13-11-23)24-6-4-3-5-7-24/h8-19,24H,3-7,20-21,30H2,1-2H3. The molecule has 178 valence electrons. The van der Waals surface area contributed by atoms with Crippen molar-refractivity contribution in [1.82, 2.24) is 4.31 Å².